The second-order valence-electron chi connectivity index (χ2n) is 4.51. The zero-order valence-electron chi connectivity index (χ0n) is 11.3. The quantitative estimate of drug-likeness (QED) is 0.869. The van der Waals surface area contributed by atoms with Gasteiger partial charge in [0, 0.05) is 4.47 Å². The summed E-state index contributed by atoms with van der Waals surface area (Å²) in [4.78, 5) is 11.6. The molecule has 2 rings (SSSR count). The normalized spacial score (nSPS) is 11.7. The molecule has 2 aromatic carbocycles. The Hall–Kier alpha value is -1.85. The first-order valence-corrected chi connectivity index (χ1v) is 7.32. The summed E-state index contributed by atoms with van der Waals surface area (Å²) in [5, 5.41) is 12.5. The van der Waals surface area contributed by atoms with Gasteiger partial charge in [0.1, 0.15) is 6.61 Å². The van der Waals surface area contributed by atoms with Crippen LogP contribution < -0.4 is 5.32 Å². The summed E-state index contributed by atoms with van der Waals surface area (Å²) in [6.07, 6.45) is -1.31. The predicted octanol–water partition coefficient (Wildman–Crippen LogP) is 3.41. The van der Waals surface area contributed by atoms with E-state index in [2.05, 4.69) is 21.2 Å². The lowest BCUT2D eigenvalue weighted by Crippen LogP contribution is -2.28. The van der Waals surface area contributed by atoms with Gasteiger partial charge in [0.25, 0.3) is 0 Å². The zero-order valence-corrected chi connectivity index (χ0v) is 12.9. The molecule has 4 nitrogen and oxygen atoms in total. The van der Waals surface area contributed by atoms with Gasteiger partial charge < -0.3 is 15.2 Å². The number of nitrogens with one attached hydrogen (secondary N) is 1. The molecule has 0 saturated carbocycles. The van der Waals surface area contributed by atoms with Crippen LogP contribution in [0, 0.1) is 0 Å². The summed E-state index contributed by atoms with van der Waals surface area (Å²) in [6.45, 7) is 0.316. The second-order valence-corrected chi connectivity index (χ2v) is 5.43. The smallest absolute Gasteiger partial charge is 0.407 e. The Morgan fingerprint density at radius 3 is 2.48 bits per heavy atom. The van der Waals surface area contributed by atoms with Crippen molar-refractivity contribution in [1.82, 2.24) is 5.32 Å². The fraction of sp³-hybridized carbons (Fsp3) is 0.188. The average molecular weight is 350 g/mol. The number of halogens is 1. The number of alkyl carbamates (subject to hydrolysis) is 1. The van der Waals surface area contributed by atoms with Gasteiger partial charge in [-0.1, -0.05) is 58.4 Å². The SMILES string of the molecule is O=C(NC[C@H](O)c1ccc(Br)cc1)OCc1ccccc1. The van der Waals surface area contributed by atoms with Crippen molar-refractivity contribution >= 4 is 22.0 Å². The molecule has 21 heavy (non-hydrogen) atoms. The Labute approximate surface area is 131 Å². The van der Waals surface area contributed by atoms with Crippen LogP contribution in [-0.2, 0) is 11.3 Å². The van der Waals surface area contributed by atoms with Gasteiger partial charge in [0.05, 0.1) is 12.6 Å². The van der Waals surface area contributed by atoms with E-state index in [1.165, 1.54) is 0 Å². The molecule has 5 heteroatoms. The molecule has 0 saturated heterocycles. The zero-order chi connectivity index (χ0) is 15.1. The average Bonchev–Trinajstić information content (AvgIpc) is 2.52. The number of hydrogen-bond donors (Lipinski definition) is 2. The van der Waals surface area contributed by atoms with E-state index in [4.69, 9.17) is 4.74 Å². The minimum absolute atomic E-state index is 0.106. The highest BCUT2D eigenvalue weighted by atomic mass is 79.9. The van der Waals surface area contributed by atoms with Crippen LogP contribution in [-0.4, -0.2) is 17.7 Å². The summed E-state index contributed by atoms with van der Waals surface area (Å²) in [5.41, 5.74) is 1.66. The first-order valence-electron chi connectivity index (χ1n) is 6.53. The molecule has 0 bridgehead atoms. The Kier molecular flexibility index (Phi) is 5.78. The molecule has 0 unspecified atom stereocenters. The highest BCUT2D eigenvalue weighted by Gasteiger charge is 2.10. The lowest BCUT2D eigenvalue weighted by molar-refractivity contribution is 0.126. The van der Waals surface area contributed by atoms with Crippen molar-refractivity contribution in [3.8, 4) is 0 Å². The fourth-order valence-electron chi connectivity index (χ4n) is 1.76. The van der Waals surface area contributed by atoms with Crippen LogP contribution in [0.15, 0.2) is 59.1 Å². The highest BCUT2D eigenvalue weighted by Crippen LogP contribution is 2.16. The number of amides is 1. The number of rotatable bonds is 5. The number of carbonyl (C=O) groups excluding carboxylic acids is 1. The van der Waals surface area contributed by atoms with Gasteiger partial charge in [-0.05, 0) is 23.3 Å². The maximum atomic E-state index is 11.6. The largest absolute Gasteiger partial charge is 0.445 e. The highest BCUT2D eigenvalue weighted by molar-refractivity contribution is 9.10. The Balaban J connectivity index is 1.74. The Bertz CT molecular complexity index is 572. The Morgan fingerprint density at radius 2 is 1.81 bits per heavy atom. The van der Waals surface area contributed by atoms with E-state index >= 15 is 0 Å². The number of aliphatic hydroxyl groups is 1. The molecule has 0 fully saturated rings. The summed E-state index contributed by atoms with van der Waals surface area (Å²) in [6, 6.07) is 16.7. The van der Waals surface area contributed by atoms with Gasteiger partial charge >= 0.3 is 6.09 Å². The van der Waals surface area contributed by atoms with Crippen LogP contribution >= 0.6 is 15.9 Å². The van der Waals surface area contributed by atoms with E-state index in [9.17, 15) is 9.90 Å². The summed E-state index contributed by atoms with van der Waals surface area (Å²) >= 11 is 3.33. The van der Waals surface area contributed by atoms with Crippen molar-refractivity contribution in [2.75, 3.05) is 6.54 Å². The first-order chi connectivity index (χ1) is 10.1. The maximum Gasteiger partial charge on any atom is 0.407 e. The van der Waals surface area contributed by atoms with Crippen LogP contribution in [0.5, 0.6) is 0 Å². The molecular weight excluding hydrogens is 334 g/mol. The van der Waals surface area contributed by atoms with E-state index < -0.39 is 12.2 Å². The fourth-order valence-corrected chi connectivity index (χ4v) is 2.02. The van der Waals surface area contributed by atoms with Crippen molar-refractivity contribution in [2.45, 2.75) is 12.7 Å². The van der Waals surface area contributed by atoms with Crippen molar-refractivity contribution in [3.63, 3.8) is 0 Å². The lowest BCUT2D eigenvalue weighted by Gasteiger charge is -2.12. The number of benzene rings is 2. The molecule has 2 N–H and O–H groups in total. The molecule has 0 radical (unpaired) electrons. The molecule has 0 aliphatic heterocycles. The van der Waals surface area contributed by atoms with E-state index in [0.717, 1.165) is 15.6 Å². The van der Waals surface area contributed by atoms with Crippen LogP contribution in [0.1, 0.15) is 17.2 Å². The number of carbonyl (C=O) groups is 1. The van der Waals surface area contributed by atoms with Crippen molar-refractivity contribution in [2.24, 2.45) is 0 Å². The molecule has 2 aromatic rings. The molecule has 0 heterocycles. The standard InChI is InChI=1S/C16H16BrNO3/c17-14-8-6-13(7-9-14)15(19)10-18-16(20)21-11-12-4-2-1-3-5-12/h1-9,15,19H,10-11H2,(H,18,20)/t15-/m0/s1. The molecule has 1 amide bonds. The molecule has 1 atom stereocenters. The van der Waals surface area contributed by atoms with Gasteiger partial charge in [0.2, 0.25) is 0 Å². The van der Waals surface area contributed by atoms with E-state index in [1.54, 1.807) is 12.1 Å². The molecular formula is C16H16BrNO3. The Morgan fingerprint density at radius 1 is 1.14 bits per heavy atom. The number of ether oxygens (including phenoxy) is 1. The van der Waals surface area contributed by atoms with Crippen LogP contribution in [0.2, 0.25) is 0 Å². The van der Waals surface area contributed by atoms with Gasteiger partial charge in [-0.15, -0.1) is 0 Å². The van der Waals surface area contributed by atoms with E-state index in [1.807, 2.05) is 42.5 Å². The predicted molar refractivity (Wildman–Crippen MR) is 83.7 cm³/mol. The van der Waals surface area contributed by atoms with Crippen LogP contribution in [0.25, 0.3) is 0 Å². The van der Waals surface area contributed by atoms with Gasteiger partial charge in [-0.25, -0.2) is 4.79 Å². The number of aliphatic hydroxyl groups excluding tert-OH is 1. The van der Waals surface area contributed by atoms with E-state index in [0.29, 0.717) is 0 Å². The van der Waals surface area contributed by atoms with Crippen molar-refractivity contribution < 1.29 is 14.6 Å². The summed E-state index contributed by atoms with van der Waals surface area (Å²) in [7, 11) is 0. The molecule has 0 spiro atoms. The van der Waals surface area contributed by atoms with Crippen molar-refractivity contribution in [1.29, 1.82) is 0 Å². The van der Waals surface area contributed by atoms with Crippen molar-refractivity contribution in [3.05, 3.63) is 70.2 Å². The topological polar surface area (TPSA) is 58.6 Å². The minimum Gasteiger partial charge on any atom is -0.445 e. The summed E-state index contributed by atoms with van der Waals surface area (Å²) < 4.78 is 6.00. The summed E-state index contributed by atoms with van der Waals surface area (Å²) in [5.74, 6) is 0. The monoisotopic (exact) mass is 349 g/mol. The van der Waals surface area contributed by atoms with Gasteiger partial charge in [-0.2, -0.15) is 0 Å². The maximum absolute atomic E-state index is 11.6. The third kappa shape index (κ3) is 5.21. The first kappa shape index (κ1) is 15.5. The van der Waals surface area contributed by atoms with Crippen LogP contribution in [0.3, 0.4) is 0 Å². The third-order valence-corrected chi connectivity index (χ3v) is 3.44. The minimum atomic E-state index is -0.762. The molecule has 0 aromatic heterocycles. The van der Waals surface area contributed by atoms with Gasteiger partial charge in [0.15, 0.2) is 0 Å². The number of hydrogen-bond acceptors (Lipinski definition) is 3. The molecule has 110 valence electrons. The van der Waals surface area contributed by atoms with E-state index in [-0.39, 0.29) is 13.2 Å². The molecule has 0 aliphatic rings. The lowest BCUT2D eigenvalue weighted by atomic mass is 10.1. The molecule has 0 aliphatic carbocycles. The van der Waals surface area contributed by atoms with Crippen LogP contribution in [0.4, 0.5) is 4.79 Å². The van der Waals surface area contributed by atoms with Gasteiger partial charge in [-0.3, -0.25) is 0 Å². The third-order valence-electron chi connectivity index (χ3n) is 2.91. The second kappa shape index (κ2) is 7.81.